The molecule has 9 nitrogen and oxygen atoms in total. The fourth-order valence-corrected chi connectivity index (χ4v) is 0. The average molecular weight is 484 g/mol. The molecule has 0 aliphatic rings. The predicted molar refractivity (Wildman–Crippen MR) is 72.1 cm³/mol. The van der Waals surface area contributed by atoms with Crippen LogP contribution in [-0.2, 0) is 40.5 Å². The standard InChI is InChI=1S/3Na.9H2O.3H2S.S.Sb/h;;;12*1H2;;/q3*+1;;;;;;;;;;;;;;/p-3. The zero-order valence-electron chi connectivity index (χ0n) is 9.70. The first kappa shape index (κ1) is 285. The third-order valence-corrected chi connectivity index (χ3v) is 0. The number of hydrogen-bond donors (Lipinski definition) is 0. The van der Waals surface area contributed by atoms with Crippen LogP contribution in [0.4, 0.5) is 0 Å². The van der Waals surface area contributed by atoms with E-state index in [1.165, 1.54) is 21.1 Å². The van der Waals surface area contributed by atoms with E-state index in [0.29, 0.717) is 0 Å². The molecule has 0 atom stereocenters. The van der Waals surface area contributed by atoms with Crippen LogP contribution in [0.25, 0.3) is 0 Å². The molecule has 1 radical (unpaired) electrons. The SMILES string of the molecule is O.O.O.O.O.O.O.O.O.[Na+].[Na+].[Na+].[SH-].[SH-].[SH-].[S]=[Sb]. The zero-order chi connectivity index (χ0) is 2.00. The molecule has 0 spiro atoms. The minimum absolute atomic E-state index is 0. The molecule has 17 heavy (non-hydrogen) atoms. The first-order valence-corrected chi connectivity index (χ1v) is 3.67. The molecular weight excluding hydrogens is 463 g/mol. The van der Waals surface area contributed by atoms with Crippen LogP contribution >= 0.6 is 9.19 Å². The Morgan fingerprint density at radius 3 is 0.353 bits per heavy atom. The van der Waals surface area contributed by atoms with Crippen LogP contribution in [-0.4, -0.2) is 70.3 Å². The topological polar surface area (TPSA) is 284 Å². The van der Waals surface area contributed by atoms with Gasteiger partial charge in [-0.05, 0) is 0 Å². The molecule has 0 saturated carbocycles. The Bertz CT molecular complexity index is 28.2. The van der Waals surface area contributed by atoms with Gasteiger partial charge in [0.05, 0.1) is 0 Å². The molecule has 0 heterocycles. The second-order valence-electron chi connectivity index (χ2n) is 0. The molecule has 0 aromatic rings. The van der Waals surface area contributed by atoms with E-state index in [4.69, 9.17) is 0 Å². The molecule has 0 aromatic heterocycles. The van der Waals surface area contributed by atoms with E-state index in [2.05, 4.69) is 9.19 Å². The molecular formula is H21Na3O9S4Sb. The maximum absolute atomic E-state index is 4.13. The summed E-state index contributed by atoms with van der Waals surface area (Å²) in [4.78, 5) is 0. The van der Waals surface area contributed by atoms with Crippen LogP contribution < -0.4 is 88.7 Å². The van der Waals surface area contributed by atoms with Gasteiger partial charge in [-0.1, -0.05) is 0 Å². The molecule has 0 aliphatic heterocycles. The summed E-state index contributed by atoms with van der Waals surface area (Å²) in [6, 6.07) is 0. The molecule has 0 unspecified atom stereocenters. The molecule has 0 rings (SSSR count). The Labute approximate surface area is 205 Å². The van der Waals surface area contributed by atoms with Crippen LogP contribution in [0.5, 0.6) is 0 Å². The fraction of sp³-hybridized carbons (Fsp3) is 0. The molecule has 17 heteroatoms. The summed E-state index contributed by atoms with van der Waals surface area (Å²) in [5.74, 6) is 0. The van der Waals surface area contributed by atoms with Crippen molar-refractivity contribution in [3.05, 3.63) is 0 Å². The zero-order valence-corrected chi connectivity index (χ0v) is 21.7. The maximum atomic E-state index is 4.13. The van der Waals surface area contributed by atoms with Crippen LogP contribution in [0.2, 0.25) is 0 Å². The van der Waals surface area contributed by atoms with Gasteiger partial charge < -0.3 is 89.8 Å². The second kappa shape index (κ2) is 361. The van der Waals surface area contributed by atoms with Gasteiger partial charge in [0.2, 0.25) is 0 Å². The summed E-state index contributed by atoms with van der Waals surface area (Å²) < 4.78 is 0. The number of rotatable bonds is 0. The van der Waals surface area contributed by atoms with Crippen LogP contribution in [0.3, 0.4) is 0 Å². The van der Waals surface area contributed by atoms with Crippen molar-refractivity contribution in [3.8, 4) is 0 Å². The summed E-state index contributed by atoms with van der Waals surface area (Å²) >= 11 is 1.33. The third kappa shape index (κ3) is 325. The predicted octanol–water partition coefficient (Wildman–Crippen LogP) is -17.0. The van der Waals surface area contributed by atoms with Gasteiger partial charge in [0.1, 0.15) is 0 Å². The first-order chi connectivity index (χ1) is 1.00. The van der Waals surface area contributed by atoms with Crippen LogP contribution in [0.15, 0.2) is 0 Å². The molecule has 107 valence electrons. The van der Waals surface area contributed by atoms with Crippen molar-refractivity contribution in [1.29, 1.82) is 0 Å². The van der Waals surface area contributed by atoms with Crippen LogP contribution in [0, 0.1) is 0 Å². The Hall–Kier alpha value is 4.73. The monoisotopic (exact) mass is 483 g/mol. The summed E-state index contributed by atoms with van der Waals surface area (Å²) in [6.45, 7) is 0. The van der Waals surface area contributed by atoms with E-state index < -0.39 is 0 Å². The first-order valence-electron chi connectivity index (χ1n) is 0.183. The van der Waals surface area contributed by atoms with Gasteiger partial charge in [-0.15, -0.1) is 0 Å². The third-order valence-electron chi connectivity index (χ3n) is 0. The van der Waals surface area contributed by atoms with Crippen molar-refractivity contribution in [2.45, 2.75) is 0 Å². The molecule has 0 aliphatic carbocycles. The van der Waals surface area contributed by atoms with Crippen molar-refractivity contribution in [3.63, 3.8) is 0 Å². The van der Waals surface area contributed by atoms with Crippen LogP contribution in [0.1, 0.15) is 0 Å². The van der Waals surface area contributed by atoms with E-state index in [1.807, 2.05) is 0 Å². The summed E-state index contributed by atoms with van der Waals surface area (Å²) in [5, 5.41) is 0. The van der Waals surface area contributed by atoms with Crippen molar-refractivity contribution in [1.82, 2.24) is 0 Å². The van der Waals surface area contributed by atoms with E-state index in [-0.39, 0.29) is 178 Å². The van der Waals surface area contributed by atoms with Gasteiger partial charge in [-0.3, -0.25) is 0 Å². The van der Waals surface area contributed by atoms with Gasteiger partial charge in [-0.2, -0.15) is 0 Å². The minimum atomic E-state index is 0. The molecule has 18 N–H and O–H groups in total. The summed E-state index contributed by atoms with van der Waals surface area (Å²) in [5.41, 5.74) is 0. The van der Waals surface area contributed by atoms with Gasteiger partial charge in [0.15, 0.2) is 0 Å². The number of hydrogen-bond acceptors (Lipinski definition) is 4. The fourth-order valence-electron chi connectivity index (χ4n) is 0. The number of thiol groups is 3. The Morgan fingerprint density at radius 2 is 0.353 bits per heavy atom. The molecule has 0 amide bonds. The van der Waals surface area contributed by atoms with Crippen molar-refractivity contribution in [2.75, 3.05) is 0 Å². The van der Waals surface area contributed by atoms with Gasteiger partial charge in [0.25, 0.3) is 0 Å². The Kier molecular flexibility index (Phi) is 6040. The molecule has 0 aromatic carbocycles. The average Bonchev–Trinajstić information content (AvgIpc) is 1.00. The van der Waals surface area contributed by atoms with Crippen molar-refractivity contribution in [2.24, 2.45) is 0 Å². The van der Waals surface area contributed by atoms with E-state index >= 15 is 0 Å². The normalized spacial score (nSPS) is 0.235. The van der Waals surface area contributed by atoms with Gasteiger partial charge in [-0.25, -0.2) is 0 Å². The van der Waals surface area contributed by atoms with E-state index in [1.54, 1.807) is 0 Å². The molecule has 0 saturated heterocycles. The van der Waals surface area contributed by atoms with Crippen molar-refractivity contribution < 1.29 is 138 Å². The molecule has 0 bridgehead atoms. The van der Waals surface area contributed by atoms with E-state index in [0.717, 1.165) is 0 Å². The summed E-state index contributed by atoms with van der Waals surface area (Å²) in [6.07, 6.45) is 0. The Morgan fingerprint density at radius 1 is 0.353 bits per heavy atom. The second-order valence-corrected chi connectivity index (χ2v) is 0. The quantitative estimate of drug-likeness (QED) is 0.184. The molecule has 0 fully saturated rings. The van der Waals surface area contributed by atoms with Crippen molar-refractivity contribution >= 4 is 70.7 Å². The summed E-state index contributed by atoms with van der Waals surface area (Å²) in [7, 11) is 4.13. The van der Waals surface area contributed by atoms with Gasteiger partial charge >= 0.3 is 119 Å². The van der Waals surface area contributed by atoms with E-state index in [9.17, 15) is 0 Å². The van der Waals surface area contributed by atoms with Gasteiger partial charge in [0, 0.05) is 0 Å². The Balaban J connectivity index is -0.0000000000476.